The first-order chi connectivity index (χ1) is 7.44. The third-order valence-electron chi connectivity index (χ3n) is 1.85. The van der Waals surface area contributed by atoms with Crippen molar-refractivity contribution in [3.8, 4) is 0 Å². The van der Waals surface area contributed by atoms with Crippen LogP contribution in [0.3, 0.4) is 0 Å². The summed E-state index contributed by atoms with van der Waals surface area (Å²) in [7, 11) is 0. The predicted molar refractivity (Wildman–Crippen MR) is 50.8 cm³/mol. The van der Waals surface area contributed by atoms with Gasteiger partial charge in [0.25, 0.3) is 11.8 Å². The summed E-state index contributed by atoms with van der Waals surface area (Å²) < 4.78 is 37.6. The summed E-state index contributed by atoms with van der Waals surface area (Å²) in [4.78, 5) is 11.3. The minimum Gasteiger partial charge on any atom is -0.390 e. The molecule has 1 amide bonds. The molecule has 88 valence electrons. The molecule has 3 nitrogen and oxygen atoms in total. The Bertz CT molecular complexity index is 365. The summed E-state index contributed by atoms with van der Waals surface area (Å²) in [5.74, 6) is -4.61. The summed E-state index contributed by atoms with van der Waals surface area (Å²) in [6.45, 7) is -2.30. The number of aliphatic hydroxyl groups is 1. The third kappa shape index (κ3) is 3.54. The fourth-order valence-corrected chi connectivity index (χ4v) is 0.969. The molecule has 0 saturated heterocycles. The number of nitrogens with one attached hydrogen (secondary N) is 1. The maximum atomic E-state index is 12.6. The van der Waals surface area contributed by atoms with Crippen LogP contribution in [0.4, 0.5) is 13.2 Å². The SMILES string of the molecule is O=C(NCC(F)(F)CO)c1ccc(F)cc1. The fraction of sp³-hybridized carbons (Fsp3) is 0.300. The number of aliphatic hydroxyl groups excluding tert-OH is 1. The van der Waals surface area contributed by atoms with Crippen molar-refractivity contribution >= 4 is 5.91 Å². The van der Waals surface area contributed by atoms with Crippen molar-refractivity contribution in [1.29, 1.82) is 0 Å². The molecule has 1 rings (SSSR count). The van der Waals surface area contributed by atoms with E-state index in [0.717, 1.165) is 12.1 Å². The van der Waals surface area contributed by atoms with Gasteiger partial charge in [0.1, 0.15) is 12.4 Å². The quantitative estimate of drug-likeness (QED) is 0.820. The number of rotatable bonds is 4. The number of carbonyl (C=O) groups is 1. The van der Waals surface area contributed by atoms with Gasteiger partial charge in [-0.15, -0.1) is 0 Å². The van der Waals surface area contributed by atoms with Crippen LogP contribution < -0.4 is 5.32 Å². The summed E-state index contributed by atoms with van der Waals surface area (Å²) in [5.41, 5.74) is 0.0788. The Morgan fingerprint density at radius 3 is 2.38 bits per heavy atom. The lowest BCUT2D eigenvalue weighted by Crippen LogP contribution is -2.38. The van der Waals surface area contributed by atoms with Crippen molar-refractivity contribution in [2.45, 2.75) is 5.92 Å². The Hall–Kier alpha value is -1.56. The van der Waals surface area contributed by atoms with E-state index in [0.29, 0.717) is 0 Å². The molecule has 0 radical (unpaired) electrons. The van der Waals surface area contributed by atoms with Gasteiger partial charge in [0.2, 0.25) is 0 Å². The van der Waals surface area contributed by atoms with E-state index in [4.69, 9.17) is 5.11 Å². The van der Waals surface area contributed by atoms with Crippen molar-refractivity contribution in [3.05, 3.63) is 35.6 Å². The Morgan fingerprint density at radius 1 is 1.31 bits per heavy atom. The summed E-state index contributed by atoms with van der Waals surface area (Å²) >= 11 is 0. The van der Waals surface area contributed by atoms with Crippen LogP contribution in [0.1, 0.15) is 10.4 Å². The lowest BCUT2D eigenvalue weighted by molar-refractivity contribution is -0.0462. The zero-order valence-corrected chi connectivity index (χ0v) is 8.21. The van der Waals surface area contributed by atoms with Crippen molar-refractivity contribution < 1.29 is 23.1 Å². The van der Waals surface area contributed by atoms with Crippen LogP contribution in [-0.2, 0) is 0 Å². The Kier molecular flexibility index (Phi) is 3.89. The molecule has 0 bridgehead atoms. The number of alkyl halides is 2. The lowest BCUT2D eigenvalue weighted by Gasteiger charge is -2.13. The van der Waals surface area contributed by atoms with Gasteiger partial charge in [-0.05, 0) is 24.3 Å². The first-order valence-corrected chi connectivity index (χ1v) is 4.47. The van der Waals surface area contributed by atoms with E-state index in [1.165, 1.54) is 12.1 Å². The van der Waals surface area contributed by atoms with Crippen LogP contribution in [0, 0.1) is 5.82 Å². The van der Waals surface area contributed by atoms with Crippen LogP contribution in [0.5, 0.6) is 0 Å². The highest BCUT2D eigenvalue weighted by atomic mass is 19.3. The monoisotopic (exact) mass is 233 g/mol. The zero-order chi connectivity index (χ0) is 12.2. The van der Waals surface area contributed by atoms with E-state index in [-0.39, 0.29) is 5.56 Å². The number of hydrogen-bond donors (Lipinski definition) is 2. The van der Waals surface area contributed by atoms with Crippen molar-refractivity contribution in [1.82, 2.24) is 5.32 Å². The second-order valence-electron chi connectivity index (χ2n) is 3.20. The number of carbonyl (C=O) groups excluding carboxylic acids is 1. The molecule has 16 heavy (non-hydrogen) atoms. The average molecular weight is 233 g/mol. The topological polar surface area (TPSA) is 49.3 Å². The number of hydrogen-bond acceptors (Lipinski definition) is 2. The number of halogens is 3. The molecule has 0 aliphatic heterocycles. The smallest absolute Gasteiger partial charge is 0.287 e. The van der Waals surface area contributed by atoms with Gasteiger partial charge in [0, 0.05) is 5.56 Å². The minimum absolute atomic E-state index is 0.0788. The van der Waals surface area contributed by atoms with Gasteiger partial charge in [-0.1, -0.05) is 0 Å². The predicted octanol–water partition coefficient (Wildman–Crippen LogP) is 1.18. The second kappa shape index (κ2) is 4.98. The first kappa shape index (κ1) is 12.5. The van der Waals surface area contributed by atoms with Gasteiger partial charge in [0.15, 0.2) is 0 Å². The molecule has 0 fully saturated rings. The Balaban J connectivity index is 2.56. The molecule has 1 aromatic carbocycles. The number of benzene rings is 1. The average Bonchev–Trinajstić information content (AvgIpc) is 2.27. The van der Waals surface area contributed by atoms with Gasteiger partial charge >= 0.3 is 0 Å². The van der Waals surface area contributed by atoms with E-state index in [1.54, 1.807) is 0 Å². The van der Waals surface area contributed by atoms with Crippen LogP contribution in [-0.4, -0.2) is 30.1 Å². The first-order valence-electron chi connectivity index (χ1n) is 4.47. The Labute approximate surface area is 89.9 Å². The summed E-state index contributed by atoms with van der Waals surface area (Å²) in [5, 5.41) is 10.2. The third-order valence-corrected chi connectivity index (χ3v) is 1.85. The molecule has 2 N–H and O–H groups in total. The molecule has 0 aromatic heterocycles. The molecule has 0 unspecified atom stereocenters. The maximum absolute atomic E-state index is 12.6. The molecule has 0 heterocycles. The molecule has 0 saturated carbocycles. The fourth-order valence-electron chi connectivity index (χ4n) is 0.969. The van der Waals surface area contributed by atoms with Crippen LogP contribution >= 0.6 is 0 Å². The van der Waals surface area contributed by atoms with Crippen molar-refractivity contribution in [3.63, 3.8) is 0 Å². The van der Waals surface area contributed by atoms with E-state index >= 15 is 0 Å². The second-order valence-corrected chi connectivity index (χ2v) is 3.20. The highest BCUT2D eigenvalue weighted by molar-refractivity contribution is 5.94. The molecule has 0 atom stereocenters. The van der Waals surface area contributed by atoms with Gasteiger partial charge in [-0.2, -0.15) is 0 Å². The van der Waals surface area contributed by atoms with Gasteiger partial charge in [0.05, 0.1) is 6.54 Å². The van der Waals surface area contributed by atoms with E-state index in [9.17, 15) is 18.0 Å². The van der Waals surface area contributed by atoms with E-state index in [2.05, 4.69) is 0 Å². The molecular formula is C10H10F3NO2. The van der Waals surface area contributed by atoms with E-state index in [1.807, 2.05) is 5.32 Å². The molecular weight excluding hydrogens is 223 g/mol. The van der Waals surface area contributed by atoms with Crippen molar-refractivity contribution in [2.24, 2.45) is 0 Å². The highest BCUT2D eigenvalue weighted by Crippen LogP contribution is 2.10. The summed E-state index contributed by atoms with van der Waals surface area (Å²) in [6.07, 6.45) is 0. The lowest BCUT2D eigenvalue weighted by atomic mass is 10.2. The maximum Gasteiger partial charge on any atom is 0.287 e. The molecule has 0 aliphatic rings. The molecule has 0 spiro atoms. The standard InChI is InChI=1S/C10H10F3NO2/c11-8-3-1-7(2-4-8)9(16)14-5-10(12,13)6-15/h1-4,15H,5-6H2,(H,14,16). The van der Waals surface area contributed by atoms with Crippen LogP contribution in [0.25, 0.3) is 0 Å². The zero-order valence-electron chi connectivity index (χ0n) is 8.21. The van der Waals surface area contributed by atoms with Gasteiger partial charge in [-0.3, -0.25) is 4.79 Å². The summed E-state index contributed by atoms with van der Waals surface area (Å²) in [6, 6.07) is 4.47. The number of amides is 1. The molecule has 6 heteroatoms. The molecule has 1 aromatic rings. The highest BCUT2D eigenvalue weighted by Gasteiger charge is 2.28. The molecule has 0 aliphatic carbocycles. The van der Waals surface area contributed by atoms with Gasteiger partial charge < -0.3 is 10.4 Å². The normalized spacial score (nSPS) is 11.2. The Morgan fingerprint density at radius 2 is 1.88 bits per heavy atom. The minimum atomic E-state index is -3.35. The van der Waals surface area contributed by atoms with Crippen LogP contribution in [0.2, 0.25) is 0 Å². The van der Waals surface area contributed by atoms with E-state index < -0.39 is 30.8 Å². The van der Waals surface area contributed by atoms with Gasteiger partial charge in [-0.25, -0.2) is 13.2 Å². The largest absolute Gasteiger partial charge is 0.390 e. The van der Waals surface area contributed by atoms with Crippen LogP contribution in [0.15, 0.2) is 24.3 Å². The van der Waals surface area contributed by atoms with Crippen molar-refractivity contribution in [2.75, 3.05) is 13.2 Å².